The first-order chi connectivity index (χ1) is 24.8. The van der Waals surface area contributed by atoms with Crippen molar-refractivity contribution in [1.82, 2.24) is 19.1 Å². The Morgan fingerprint density at radius 2 is 0.880 bits per heavy atom. The van der Waals surface area contributed by atoms with Gasteiger partial charge >= 0.3 is 0 Å². The van der Waals surface area contributed by atoms with Crippen molar-refractivity contribution in [1.29, 1.82) is 0 Å². The fourth-order valence-corrected chi connectivity index (χ4v) is 8.02. The predicted octanol–water partition coefficient (Wildman–Crippen LogP) is 11.8. The highest BCUT2D eigenvalue weighted by atomic mass is 15.1. The highest BCUT2D eigenvalue weighted by molar-refractivity contribution is 6.29. The van der Waals surface area contributed by atoms with Gasteiger partial charge in [-0.3, -0.25) is 4.57 Å². The molecule has 0 saturated heterocycles. The SMILES string of the molecule is c1ccc2cc(-c3nc4ccccc4nc3-n3c4ccccc4c4c5c6ccccc6n(-c6ccc7ccccc7c6)c5ccc43)ccc2c1. The lowest BCUT2D eigenvalue weighted by Crippen LogP contribution is -2.03. The van der Waals surface area contributed by atoms with Crippen molar-refractivity contribution in [2.45, 2.75) is 0 Å². The molecule has 0 aliphatic carbocycles. The Morgan fingerprint density at radius 1 is 0.360 bits per heavy atom. The molecule has 0 amide bonds. The van der Waals surface area contributed by atoms with Crippen LogP contribution in [0.2, 0.25) is 0 Å². The molecule has 4 heteroatoms. The van der Waals surface area contributed by atoms with Crippen molar-refractivity contribution >= 4 is 76.2 Å². The summed E-state index contributed by atoms with van der Waals surface area (Å²) in [6.45, 7) is 0. The average Bonchev–Trinajstić information content (AvgIpc) is 3.70. The van der Waals surface area contributed by atoms with Crippen LogP contribution in [0.1, 0.15) is 0 Å². The van der Waals surface area contributed by atoms with E-state index in [1.807, 2.05) is 18.2 Å². The number of hydrogen-bond donors (Lipinski definition) is 0. The largest absolute Gasteiger partial charge is 0.309 e. The summed E-state index contributed by atoms with van der Waals surface area (Å²) in [6.07, 6.45) is 0. The molecule has 0 unspecified atom stereocenters. The Labute approximate surface area is 287 Å². The van der Waals surface area contributed by atoms with Crippen LogP contribution < -0.4 is 0 Å². The monoisotopic (exact) mass is 636 g/mol. The summed E-state index contributed by atoms with van der Waals surface area (Å²) in [5.41, 5.74) is 9.36. The van der Waals surface area contributed by atoms with E-state index in [2.05, 4.69) is 161 Å². The Morgan fingerprint density at radius 3 is 1.58 bits per heavy atom. The van der Waals surface area contributed by atoms with E-state index >= 15 is 0 Å². The van der Waals surface area contributed by atoms with Gasteiger partial charge in [-0.1, -0.05) is 115 Å². The number of para-hydroxylation sites is 4. The summed E-state index contributed by atoms with van der Waals surface area (Å²) in [4.78, 5) is 10.7. The molecular weight excluding hydrogens is 609 g/mol. The number of aromatic nitrogens is 4. The molecule has 50 heavy (non-hydrogen) atoms. The zero-order chi connectivity index (χ0) is 32.8. The molecule has 0 spiro atoms. The highest BCUT2D eigenvalue weighted by Crippen LogP contribution is 2.43. The Balaban J connectivity index is 1.27. The van der Waals surface area contributed by atoms with E-state index in [1.165, 1.54) is 54.1 Å². The van der Waals surface area contributed by atoms with E-state index < -0.39 is 0 Å². The third-order valence-corrected chi connectivity index (χ3v) is 10.2. The van der Waals surface area contributed by atoms with Crippen LogP contribution in [-0.2, 0) is 0 Å². The second-order valence-electron chi connectivity index (χ2n) is 13.0. The first kappa shape index (κ1) is 27.2. The molecule has 0 atom stereocenters. The summed E-state index contributed by atoms with van der Waals surface area (Å²) in [7, 11) is 0. The van der Waals surface area contributed by atoms with E-state index in [4.69, 9.17) is 9.97 Å². The average molecular weight is 637 g/mol. The summed E-state index contributed by atoms with van der Waals surface area (Å²) >= 11 is 0. The van der Waals surface area contributed by atoms with Crippen LogP contribution >= 0.6 is 0 Å². The van der Waals surface area contributed by atoms with Gasteiger partial charge in [0, 0.05) is 32.8 Å². The lowest BCUT2D eigenvalue weighted by Gasteiger charge is -2.14. The van der Waals surface area contributed by atoms with Crippen LogP contribution in [0, 0.1) is 0 Å². The third kappa shape index (κ3) is 3.87. The molecule has 4 nitrogen and oxygen atoms in total. The first-order valence-electron chi connectivity index (χ1n) is 17.0. The molecule has 11 rings (SSSR count). The lowest BCUT2D eigenvalue weighted by molar-refractivity contribution is 1.08. The second-order valence-corrected chi connectivity index (χ2v) is 13.0. The van der Waals surface area contributed by atoms with Crippen molar-refractivity contribution in [3.05, 3.63) is 170 Å². The van der Waals surface area contributed by atoms with E-state index in [-0.39, 0.29) is 0 Å². The maximum atomic E-state index is 5.39. The first-order valence-corrected chi connectivity index (χ1v) is 17.0. The number of fused-ring (bicyclic) bond motifs is 10. The van der Waals surface area contributed by atoms with Gasteiger partial charge in [-0.15, -0.1) is 0 Å². The number of hydrogen-bond acceptors (Lipinski definition) is 2. The maximum absolute atomic E-state index is 5.39. The minimum Gasteiger partial charge on any atom is -0.309 e. The Kier molecular flexibility index (Phi) is 5.63. The Bertz CT molecular complexity index is 3160. The molecule has 0 bridgehead atoms. The van der Waals surface area contributed by atoms with Crippen molar-refractivity contribution in [2.24, 2.45) is 0 Å². The van der Waals surface area contributed by atoms with Crippen molar-refractivity contribution in [2.75, 3.05) is 0 Å². The van der Waals surface area contributed by atoms with Gasteiger partial charge in [-0.05, 0) is 76.1 Å². The van der Waals surface area contributed by atoms with Gasteiger partial charge in [0.2, 0.25) is 0 Å². The van der Waals surface area contributed by atoms with Crippen LogP contribution in [0.15, 0.2) is 170 Å². The van der Waals surface area contributed by atoms with Crippen molar-refractivity contribution in [3.8, 4) is 22.8 Å². The summed E-state index contributed by atoms with van der Waals surface area (Å²) in [6, 6.07) is 60.7. The summed E-state index contributed by atoms with van der Waals surface area (Å²) < 4.78 is 4.75. The number of rotatable bonds is 3. The minimum absolute atomic E-state index is 0.822. The fourth-order valence-electron chi connectivity index (χ4n) is 8.02. The van der Waals surface area contributed by atoms with Crippen molar-refractivity contribution in [3.63, 3.8) is 0 Å². The third-order valence-electron chi connectivity index (χ3n) is 10.2. The molecule has 0 aliphatic rings. The van der Waals surface area contributed by atoms with Gasteiger partial charge in [0.1, 0.15) is 5.69 Å². The standard InChI is InChI=1S/C46H28N4/c1-3-13-31-27-33(22-21-29(31)11-1)45-46(48-38-18-8-7-17-37(38)47-45)50-40-20-10-6-16-36(40)44-42(50)26-25-41-43(44)35-15-5-9-19-39(35)49(41)34-24-23-30-12-2-4-14-32(30)28-34/h1-28H. The van der Waals surface area contributed by atoms with E-state index in [0.29, 0.717) is 0 Å². The predicted molar refractivity (Wildman–Crippen MR) is 209 cm³/mol. The topological polar surface area (TPSA) is 35.6 Å². The zero-order valence-corrected chi connectivity index (χ0v) is 27.0. The Hall–Kier alpha value is -6.78. The smallest absolute Gasteiger partial charge is 0.165 e. The quantitative estimate of drug-likeness (QED) is 0.193. The van der Waals surface area contributed by atoms with Crippen LogP contribution in [0.4, 0.5) is 0 Å². The molecule has 232 valence electrons. The van der Waals surface area contributed by atoms with Gasteiger partial charge in [0.15, 0.2) is 5.82 Å². The molecule has 0 radical (unpaired) electrons. The second kappa shape index (κ2) is 10.4. The molecule has 0 N–H and O–H groups in total. The molecular formula is C46H28N4. The van der Waals surface area contributed by atoms with Gasteiger partial charge in [0.25, 0.3) is 0 Å². The van der Waals surface area contributed by atoms with E-state index in [1.54, 1.807) is 0 Å². The minimum atomic E-state index is 0.822. The van der Waals surface area contributed by atoms with Crippen LogP contribution in [-0.4, -0.2) is 19.1 Å². The van der Waals surface area contributed by atoms with Gasteiger partial charge in [-0.2, -0.15) is 0 Å². The van der Waals surface area contributed by atoms with Crippen molar-refractivity contribution < 1.29 is 0 Å². The molecule has 0 aliphatic heterocycles. The summed E-state index contributed by atoms with van der Waals surface area (Å²) in [5, 5.41) is 9.71. The van der Waals surface area contributed by atoms with E-state index in [9.17, 15) is 0 Å². The van der Waals surface area contributed by atoms with Gasteiger partial charge in [-0.25, -0.2) is 9.97 Å². The van der Waals surface area contributed by atoms with E-state index in [0.717, 1.165) is 44.8 Å². The maximum Gasteiger partial charge on any atom is 0.165 e. The van der Waals surface area contributed by atoms with Gasteiger partial charge in [0.05, 0.1) is 33.1 Å². The number of nitrogens with zero attached hydrogens (tertiary/aromatic N) is 4. The highest BCUT2D eigenvalue weighted by Gasteiger charge is 2.23. The molecule has 8 aromatic carbocycles. The van der Waals surface area contributed by atoms with Gasteiger partial charge < -0.3 is 4.57 Å². The molecule has 11 aromatic rings. The summed E-state index contributed by atoms with van der Waals surface area (Å²) in [5.74, 6) is 0.822. The number of benzene rings is 8. The molecule has 0 fully saturated rings. The van der Waals surface area contributed by atoms with Crippen LogP contribution in [0.25, 0.3) is 99.0 Å². The normalized spacial score (nSPS) is 12.0. The lowest BCUT2D eigenvalue weighted by atomic mass is 10.0. The fraction of sp³-hybridized carbons (Fsp3) is 0. The zero-order valence-electron chi connectivity index (χ0n) is 27.0. The molecule has 0 saturated carbocycles. The molecule has 3 aromatic heterocycles. The van der Waals surface area contributed by atoms with Crippen LogP contribution in [0.5, 0.6) is 0 Å². The van der Waals surface area contributed by atoms with Crippen LogP contribution in [0.3, 0.4) is 0 Å². The molecule has 3 heterocycles.